The van der Waals surface area contributed by atoms with Crippen molar-refractivity contribution < 1.29 is 9.53 Å². The van der Waals surface area contributed by atoms with Crippen molar-refractivity contribution in [2.45, 2.75) is 39.5 Å². The Bertz CT molecular complexity index is 380. The average molecular weight is 234 g/mol. The molecule has 0 aromatic carbocycles. The Balaban J connectivity index is 1.87. The number of hydrogen-bond acceptors (Lipinski definition) is 2. The summed E-state index contributed by atoms with van der Waals surface area (Å²) in [7, 11) is 1.52. The lowest BCUT2D eigenvalue weighted by molar-refractivity contribution is -0.150. The summed E-state index contributed by atoms with van der Waals surface area (Å²) in [5, 5.41) is 0. The van der Waals surface area contributed by atoms with Crippen LogP contribution in [-0.4, -0.2) is 13.1 Å². The highest BCUT2D eigenvalue weighted by atomic mass is 16.5. The van der Waals surface area contributed by atoms with Gasteiger partial charge >= 0.3 is 5.97 Å². The van der Waals surface area contributed by atoms with Crippen LogP contribution in [0, 0.1) is 29.1 Å². The largest absolute Gasteiger partial charge is 0.469 e. The minimum Gasteiger partial charge on any atom is -0.469 e. The maximum absolute atomic E-state index is 11.9. The first-order valence-electron chi connectivity index (χ1n) is 6.83. The molecule has 0 aromatic heterocycles. The van der Waals surface area contributed by atoms with Gasteiger partial charge < -0.3 is 4.74 Å². The second-order valence-corrected chi connectivity index (χ2v) is 6.56. The molecule has 4 aliphatic carbocycles. The summed E-state index contributed by atoms with van der Waals surface area (Å²) in [6.07, 6.45) is 7.02. The third kappa shape index (κ3) is 1.42. The Labute approximate surface area is 103 Å². The number of allylic oxidation sites excluding steroid dienone is 2. The van der Waals surface area contributed by atoms with Crippen LogP contribution in [0.25, 0.3) is 0 Å². The molecule has 0 amide bonds. The molecule has 94 valence electrons. The average Bonchev–Trinajstić information content (AvgIpc) is 2.36. The van der Waals surface area contributed by atoms with Gasteiger partial charge in [-0.3, -0.25) is 4.79 Å². The Hall–Kier alpha value is -0.790. The first kappa shape index (κ1) is 11.3. The molecule has 3 saturated carbocycles. The predicted octanol–water partition coefficient (Wildman–Crippen LogP) is 3.18. The van der Waals surface area contributed by atoms with Crippen molar-refractivity contribution in [2.75, 3.05) is 7.11 Å². The number of carbonyl (C=O) groups excluding carboxylic acids is 1. The normalized spacial score (nSPS) is 41.9. The summed E-state index contributed by atoms with van der Waals surface area (Å²) in [5.41, 5.74) is 2.06. The zero-order chi connectivity index (χ0) is 12.2. The summed E-state index contributed by atoms with van der Waals surface area (Å²) in [5.74, 6) is 2.20. The summed E-state index contributed by atoms with van der Waals surface area (Å²) in [6, 6.07) is 0. The van der Waals surface area contributed by atoms with Gasteiger partial charge in [0.15, 0.2) is 0 Å². The van der Waals surface area contributed by atoms with Gasteiger partial charge in [0.1, 0.15) is 0 Å². The lowest BCUT2D eigenvalue weighted by Crippen LogP contribution is -2.54. The van der Waals surface area contributed by atoms with Gasteiger partial charge in [0, 0.05) is 0 Å². The topological polar surface area (TPSA) is 26.3 Å². The first-order chi connectivity index (χ1) is 8.05. The van der Waals surface area contributed by atoms with Crippen molar-refractivity contribution in [3.05, 3.63) is 11.6 Å². The highest BCUT2D eigenvalue weighted by Gasteiger charge is 2.57. The van der Waals surface area contributed by atoms with E-state index < -0.39 is 0 Å². The molecular formula is C15H22O2. The van der Waals surface area contributed by atoms with Crippen LogP contribution in [0.1, 0.15) is 39.5 Å². The van der Waals surface area contributed by atoms with Gasteiger partial charge in [-0.1, -0.05) is 25.5 Å². The van der Waals surface area contributed by atoms with Crippen molar-refractivity contribution in [2.24, 2.45) is 29.1 Å². The molecule has 0 saturated heterocycles. The summed E-state index contributed by atoms with van der Waals surface area (Å²) < 4.78 is 4.97. The molecule has 0 N–H and O–H groups in total. The van der Waals surface area contributed by atoms with E-state index in [1.807, 2.05) is 0 Å². The number of ether oxygens (including phenoxy) is 1. The molecule has 2 nitrogen and oxygen atoms in total. The molecule has 0 radical (unpaired) electrons. The van der Waals surface area contributed by atoms with Crippen LogP contribution >= 0.6 is 0 Å². The van der Waals surface area contributed by atoms with E-state index in [2.05, 4.69) is 19.9 Å². The highest BCUT2D eigenvalue weighted by Crippen LogP contribution is 2.65. The fourth-order valence-electron chi connectivity index (χ4n) is 4.44. The van der Waals surface area contributed by atoms with Crippen LogP contribution in [-0.2, 0) is 9.53 Å². The lowest BCUT2D eigenvalue weighted by Gasteiger charge is -2.61. The van der Waals surface area contributed by atoms with Crippen molar-refractivity contribution in [3.8, 4) is 0 Å². The smallest absolute Gasteiger partial charge is 0.309 e. The number of hydrogen-bond donors (Lipinski definition) is 0. The molecule has 2 bridgehead atoms. The zero-order valence-electron chi connectivity index (χ0n) is 11.0. The molecule has 4 rings (SSSR count). The minimum absolute atomic E-state index is 0.0136. The van der Waals surface area contributed by atoms with Crippen LogP contribution in [0.3, 0.4) is 0 Å². The van der Waals surface area contributed by atoms with E-state index in [1.54, 1.807) is 5.57 Å². The van der Waals surface area contributed by atoms with E-state index >= 15 is 0 Å². The molecule has 2 heteroatoms. The van der Waals surface area contributed by atoms with Crippen LogP contribution in [0.15, 0.2) is 11.6 Å². The second-order valence-electron chi connectivity index (χ2n) is 6.56. The molecule has 0 aromatic rings. The SMILES string of the molecule is COC(=O)[C@@H]1CCC=C2[C@@H]1C[C@H]1C[C@@H]2C1(C)C. The van der Waals surface area contributed by atoms with Gasteiger partial charge in [0.25, 0.3) is 0 Å². The monoisotopic (exact) mass is 234 g/mol. The Morgan fingerprint density at radius 3 is 2.82 bits per heavy atom. The van der Waals surface area contributed by atoms with Gasteiger partial charge in [-0.25, -0.2) is 0 Å². The highest BCUT2D eigenvalue weighted by molar-refractivity contribution is 5.73. The standard InChI is InChI=1S/C15H22O2/c1-15(2)9-7-12-10(13(15)8-9)5-4-6-11(12)14(16)17-3/h5,9,11-13H,4,6-8H2,1-3H3/t9-,11+,12-,13-/m0/s1. The van der Waals surface area contributed by atoms with Crippen LogP contribution in [0.4, 0.5) is 0 Å². The predicted molar refractivity (Wildman–Crippen MR) is 66.3 cm³/mol. The van der Waals surface area contributed by atoms with E-state index in [9.17, 15) is 4.79 Å². The van der Waals surface area contributed by atoms with E-state index in [0.29, 0.717) is 11.3 Å². The van der Waals surface area contributed by atoms with Crippen LogP contribution in [0.5, 0.6) is 0 Å². The van der Waals surface area contributed by atoms with E-state index in [-0.39, 0.29) is 11.9 Å². The molecule has 4 atom stereocenters. The Morgan fingerprint density at radius 2 is 2.18 bits per heavy atom. The van der Waals surface area contributed by atoms with E-state index in [1.165, 1.54) is 20.0 Å². The molecule has 0 heterocycles. The van der Waals surface area contributed by atoms with Gasteiger partial charge in [-0.15, -0.1) is 0 Å². The number of rotatable bonds is 1. The van der Waals surface area contributed by atoms with E-state index in [0.717, 1.165) is 24.7 Å². The van der Waals surface area contributed by atoms with Crippen molar-refractivity contribution in [1.29, 1.82) is 0 Å². The summed E-state index contributed by atoms with van der Waals surface area (Å²) >= 11 is 0. The molecule has 17 heavy (non-hydrogen) atoms. The van der Waals surface area contributed by atoms with Crippen molar-refractivity contribution >= 4 is 5.97 Å². The maximum Gasteiger partial charge on any atom is 0.309 e. The summed E-state index contributed by atoms with van der Waals surface area (Å²) in [4.78, 5) is 11.9. The fraction of sp³-hybridized carbons (Fsp3) is 0.800. The number of esters is 1. The van der Waals surface area contributed by atoms with Gasteiger partial charge in [0.2, 0.25) is 0 Å². The third-order valence-electron chi connectivity index (χ3n) is 5.69. The summed E-state index contributed by atoms with van der Waals surface area (Å²) in [6.45, 7) is 4.79. The van der Waals surface area contributed by atoms with Crippen molar-refractivity contribution in [3.63, 3.8) is 0 Å². The Morgan fingerprint density at radius 1 is 1.41 bits per heavy atom. The maximum atomic E-state index is 11.9. The molecule has 3 fully saturated rings. The van der Waals surface area contributed by atoms with Crippen LogP contribution in [0.2, 0.25) is 0 Å². The molecular weight excluding hydrogens is 212 g/mol. The minimum atomic E-state index is 0.0136. The number of carbonyl (C=O) groups is 1. The quantitative estimate of drug-likeness (QED) is 0.514. The van der Waals surface area contributed by atoms with Gasteiger partial charge in [0.05, 0.1) is 13.0 Å². The molecule has 0 unspecified atom stereocenters. The fourth-order valence-corrected chi connectivity index (χ4v) is 4.44. The van der Waals surface area contributed by atoms with Gasteiger partial charge in [-0.2, -0.15) is 0 Å². The second kappa shape index (κ2) is 3.60. The van der Waals surface area contributed by atoms with Crippen molar-refractivity contribution in [1.82, 2.24) is 0 Å². The molecule has 0 spiro atoms. The molecule has 0 aliphatic heterocycles. The van der Waals surface area contributed by atoms with Gasteiger partial charge in [-0.05, 0) is 48.9 Å². The van der Waals surface area contributed by atoms with Crippen LogP contribution < -0.4 is 0 Å². The van der Waals surface area contributed by atoms with E-state index in [4.69, 9.17) is 4.74 Å². The Kier molecular flexibility index (Phi) is 2.39. The zero-order valence-corrected chi connectivity index (χ0v) is 11.0. The number of methoxy groups -OCH3 is 1. The third-order valence-corrected chi connectivity index (χ3v) is 5.69. The molecule has 4 aliphatic rings. The first-order valence-corrected chi connectivity index (χ1v) is 6.83. The lowest BCUT2D eigenvalue weighted by atomic mass is 9.43.